The van der Waals surface area contributed by atoms with E-state index in [-0.39, 0.29) is 28.9 Å². The summed E-state index contributed by atoms with van der Waals surface area (Å²) >= 11 is 0. The molecule has 0 aromatic heterocycles. The number of aromatic hydroxyl groups is 2. The average Bonchev–Trinajstić information content (AvgIpc) is 2.92. The number of carbonyl (C=O) groups is 2. The number of benzene rings is 2. The zero-order chi connectivity index (χ0) is 31.7. The standard InChI is InChI=1S/C30H42N2O2.2C2H4O2.Co/c1-5-7-10-23-14-21(3)29(33)25(16-23)19-31-27-12-9-13-28(18-27)32-20-26-17-24(11-8-6-2)15-22(4)30(26)34;2*1-2(3)4;/h14-17,19-20,27-28,33-34H,5-13,18H2,1-4H3;2*1H3,(H,3,4);/q;;;+2/p-2. The summed E-state index contributed by atoms with van der Waals surface area (Å²) in [4.78, 5) is 27.5. The number of unbranched alkanes of at least 4 members (excludes halogenated alkanes) is 2. The largest absolute Gasteiger partial charge is 2.00 e. The van der Waals surface area contributed by atoms with Crippen LogP contribution in [0.5, 0.6) is 11.5 Å². The summed E-state index contributed by atoms with van der Waals surface area (Å²) in [6.45, 7) is 10.3. The van der Waals surface area contributed by atoms with E-state index in [1.807, 2.05) is 26.3 Å². The number of nitrogens with zero attached hydrogens (tertiary/aromatic N) is 2. The van der Waals surface area contributed by atoms with Crippen LogP contribution in [-0.2, 0) is 39.2 Å². The monoisotopic (exact) mass is 639 g/mol. The number of aliphatic imine (C=N–C) groups is 2. The summed E-state index contributed by atoms with van der Waals surface area (Å²) in [7, 11) is 0. The molecule has 1 fully saturated rings. The molecular formula is C34H48CoN2O6. The van der Waals surface area contributed by atoms with Gasteiger partial charge in [-0.1, -0.05) is 38.8 Å². The second-order valence-corrected chi connectivity index (χ2v) is 10.9. The number of carboxylic acids is 2. The van der Waals surface area contributed by atoms with Gasteiger partial charge >= 0.3 is 16.8 Å². The van der Waals surface area contributed by atoms with Gasteiger partial charge in [-0.25, -0.2) is 0 Å². The minimum Gasteiger partial charge on any atom is -0.550 e. The molecule has 239 valence electrons. The quantitative estimate of drug-likeness (QED) is 0.359. The number of phenolic OH excluding ortho intramolecular Hbond substituents is 2. The fourth-order valence-electron chi connectivity index (χ4n) is 4.80. The number of phenols is 2. The maximum atomic E-state index is 10.5. The molecule has 8 nitrogen and oxygen atoms in total. The minimum absolute atomic E-state index is 0. The van der Waals surface area contributed by atoms with E-state index < -0.39 is 11.9 Å². The van der Waals surface area contributed by atoms with Crippen LogP contribution in [0.25, 0.3) is 0 Å². The van der Waals surface area contributed by atoms with Crippen LogP contribution in [0.2, 0.25) is 0 Å². The summed E-state index contributed by atoms with van der Waals surface area (Å²) < 4.78 is 0. The van der Waals surface area contributed by atoms with Crippen molar-refractivity contribution in [2.75, 3.05) is 0 Å². The molecule has 3 rings (SSSR count). The Labute approximate surface area is 267 Å². The van der Waals surface area contributed by atoms with Crippen LogP contribution in [0.15, 0.2) is 34.3 Å². The van der Waals surface area contributed by atoms with E-state index >= 15 is 0 Å². The molecule has 0 heterocycles. The summed E-state index contributed by atoms with van der Waals surface area (Å²) in [6, 6.07) is 8.75. The number of rotatable bonds is 10. The molecule has 0 saturated heterocycles. The molecule has 2 N–H and O–H groups in total. The third-order valence-electron chi connectivity index (χ3n) is 6.89. The van der Waals surface area contributed by atoms with Gasteiger partial charge in [0, 0.05) is 35.5 Å². The Balaban J connectivity index is 0.00000174. The van der Waals surface area contributed by atoms with Crippen molar-refractivity contribution in [2.24, 2.45) is 9.98 Å². The van der Waals surface area contributed by atoms with Gasteiger partial charge in [0.25, 0.3) is 0 Å². The van der Waals surface area contributed by atoms with E-state index in [1.165, 1.54) is 11.1 Å². The Morgan fingerprint density at radius 3 is 1.47 bits per heavy atom. The van der Waals surface area contributed by atoms with E-state index in [0.29, 0.717) is 11.5 Å². The maximum Gasteiger partial charge on any atom is 2.00 e. The van der Waals surface area contributed by atoms with Gasteiger partial charge < -0.3 is 30.0 Å². The normalized spacial score (nSPS) is 16.0. The molecule has 0 aliphatic heterocycles. The molecule has 2 aromatic carbocycles. The van der Waals surface area contributed by atoms with Crippen molar-refractivity contribution < 1.29 is 46.8 Å². The fraction of sp³-hybridized carbons (Fsp3) is 0.529. The maximum absolute atomic E-state index is 10.5. The Hall–Kier alpha value is -3.17. The molecule has 43 heavy (non-hydrogen) atoms. The molecule has 0 bridgehead atoms. The number of hydrogen-bond acceptors (Lipinski definition) is 8. The molecule has 1 radical (unpaired) electrons. The first-order valence-electron chi connectivity index (χ1n) is 14.9. The number of aryl methyl sites for hydroxylation is 4. The van der Waals surface area contributed by atoms with Crippen molar-refractivity contribution in [3.05, 3.63) is 57.6 Å². The topological polar surface area (TPSA) is 145 Å². The van der Waals surface area contributed by atoms with Gasteiger partial charge in [-0.05, 0) is 113 Å². The number of carbonyl (C=O) groups excluding carboxylic acids is 2. The molecule has 2 atom stereocenters. The van der Waals surface area contributed by atoms with Crippen LogP contribution in [0.4, 0.5) is 0 Å². The summed E-state index contributed by atoms with van der Waals surface area (Å²) in [6.07, 6.45) is 14.5. The predicted octanol–water partition coefficient (Wildman–Crippen LogP) is 4.76. The number of carboxylic acid groups (broad SMARTS) is 2. The van der Waals surface area contributed by atoms with Gasteiger partial charge in [0.2, 0.25) is 0 Å². The van der Waals surface area contributed by atoms with Gasteiger partial charge in [0.05, 0.1) is 12.1 Å². The molecule has 1 aliphatic carbocycles. The van der Waals surface area contributed by atoms with Gasteiger partial charge in [-0.2, -0.15) is 0 Å². The first kappa shape index (κ1) is 39.8. The van der Waals surface area contributed by atoms with Crippen LogP contribution in [0, 0.1) is 13.8 Å². The van der Waals surface area contributed by atoms with Crippen LogP contribution in [-0.4, -0.2) is 46.7 Å². The van der Waals surface area contributed by atoms with Crippen molar-refractivity contribution in [2.45, 2.75) is 118 Å². The van der Waals surface area contributed by atoms with E-state index in [2.05, 4.69) is 38.1 Å². The molecule has 0 spiro atoms. The number of aliphatic carboxylic acids is 2. The van der Waals surface area contributed by atoms with Crippen LogP contribution in [0.1, 0.15) is 112 Å². The Bertz CT molecular complexity index is 1110. The first-order chi connectivity index (χ1) is 19.9. The molecule has 2 unspecified atom stereocenters. The van der Waals surface area contributed by atoms with Crippen molar-refractivity contribution in [3.63, 3.8) is 0 Å². The van der Waals surface area contributed by atoms with Crippen molar-refractivity contribution in [1.82, 2.24) is 0 Å². The Kier molecular flexibility index (Phi) is 19.9. The van der Waals surface area contributed by atoms with Crippen molar-refractivity contribution in [3.8, 4) is 11.5 Å². The fourth-order valence-corrected chi connectivity index (χ4v) is 4.80. The third-order valence-corrected chi connectivity index (χ3v) is 6.89. The van der Waals surface area contributed by atoms with Crippen LogP contribution in [0.3, 0.4) is 0 Å². The predicted molar refractivity (Wildman–Crippen MR) is 166 cm³/mol. The smallest absolute Gasteiger partial charge is 0.550 e. The summed E-state index contributed by atoms with van der Waals surface area (Å²) in [5, 5.41) is 38.8. The van der Waals surface area contributed by atoms with Crippen LogP contribution >= 0.6 is 0 Å². The minimum atomic E-state index is -1.08. The van der Waals surface area contributed by atoms with Gasteiger partial charge in [0.15, 0.2) is 0 Å². The van der Waals surface area contributed by atoms with E-state index in [9.17, 15) is 10.2 Å². The van der Waals surface area contributed by atoms with Crippen LogP contribution < -0.4 is 10.2 Å². The number of hydrogen-bond donors (Lipinski definition) is 2. The second-order valence-electron chi connectivity index (χ2n) is 10.9. The van der Waals surface area contributed by atoms with Crippen molar-refractivity contribution in [1.29, 1.82) is 0 Å². The summed E-state index contributed by atoms with van der Waals surface area (Å²) in [5.41, 5.74) is 6.00. The average molecular weight is 640 g/mol. The van der Waals surface area contributed by atoms with Gasteiger partial charge in [-0.3, -0.25) is 9.98 Å². The molecule has 1 aliphatic rings. The molecule has 9 heteroatoms. The summed E-state index contributed by atoms with van der Waals surface area (Å²) in [5.74, 6) is -1.49. The SMILES string of the molecule is CC(=O)[O-].CC(=O)[O-].CCCCc1cc(C)c(O)c(C=NC2CCCC(N=Cc3cc(CCCC)cc(C)c3O)C2)c1.[Co+2]. The van der Waals surface area contributed by atoms with Crippen molar-refractivity contribution >= 4 is 24.4 Å². The Morgan fingerprint density at radius 1 is 0.791 bits per heavy atom. The molecule has 1 saturated carbocycles. The Morgan fingerprint density at radius 2 is 1.14 bits per heavy atom. The van der Waals surface area contributed by atoms with Gasteiger partial charge in [0.1, 0.15) is 11.5 Å². The molecule has 2 aromatic rings. The third kappa shape index (κ3) is 16.3. The van der Waals surface area contributed by atoms with Gasteiger partial charge in [-0.15, -0.1) is 0 Å². The second kappa shape index (κ2) is 21.5. The van der Waals surface area contributed by atoms with E-state index in [1.54, 1.807) is 0 Å². The van der Waals surface area contributed by atoms with E-state index in [4.69, 9.17) is 29.8 Å². The van der Waals surface area contributed by atoms with E-state index in [0.717, 1.165) is 100 Å². The zero-order valence-corrected chi connectivity index (χ0v) is 27.5. The zero-order valence-electron chi connectivity index (χ0n) is 26.4. The first-order valence-corrected chi connectivity index (χ1v) is 14.9. The molecule has 0 amide bonds. The molecular weight excluding hydrogens is 591 g/mol.